The first-order valence-corrected chi connectivity index (χ1v) is 7.07. The van der Waals surface area contributed by atoms with Gasteiger partial charge in [-0.1, -0.05) is 12.1 Å². The van der Waals surface area contributed by atoms with Crippen LogP contribution in [-0.4, -0.2) is 10.1 Å². The van der Waals surface area contributed by atoms with E-state index in [1.807, 2.05) is 13.0 Å². The summed E-state index contributed by atoms with van der Waals surface area (Å²) in [5, 5.41) is 4.37. The number of nitrogens with zero attached hydrogens (tertiary/aromatic N) is 2. The van der Waals surface area contributed by atoms with E-state index in [4.69, 9.17) is 10.3 Å². The highest BCUT2D eigenvalue weighted by Gasteiger charge is 2.16. The van der Waals surface area contributed by atoms with E-state index in [-0.39, 0.29) is 11.7 Å². The molecule has 3 rings (SSSR count). The van der Waals surface area contributed by atoms with Crippen molar-refractivity contribution in [2.24, 2.45) is 0 Å². The quantitative estimate of drug-likeness (QED) is 0.797. The smallest absolute Gasteiger partial charge is 0.261 e. The summed E-state index contributed by atoms with van der Waals surface area (Å²) in [5.74, 6) is -1.42. The molecule has 0 amide bonds. The molecule has 0 spiro atoms. The summed E-state index contributed by atoms with van der Waals surface area (Å²) in [4.78, 5) is 5.30. The zero-order chi connectivity index (χ0) is 15.0. The van der Waals surface area contributed by atoms with Gasteiger partial charge in [0.1, 0.15) is 0 Å². The highest BCUT2D eigenvalue weighted by Crippen LogP contribution is 2.34. The van der Waals surface area contributed by atoms with Crippen LogP contribution < -0.4 is 5.73 Å². The summed E-state index contributed by atoms with van der Waals surface area (Å²) in [6.45, 7) is 2.02. The minimum atomic E-state index is -0.956. The number of nitrogens with two attached hydrogens (primary N) is 1. The molecule has 0 aliphatic heterocycles. The highest BCUT2D eigenvalue weighted by atomic mass is 32.1. The number of aryl methyl sites for hydroxylation is 1. The zero-order valence-corrected chi connectivity index (χ0v) is 11.9. The predicted octanol–water partition coefficient (Wildman–Crippen LogP) is 3.89. The molecular weight excluding hydrogens is 296 g/mol. The van der Waals surface area contributed by atoms with Crippen molar-refractivity contribution in [2.45, 2.75) is 13.3 Å². The van der Waals surface area contributed by atoms with Crippen LogP contribution in [0.2, 0.25) is 0 Å². The van der Waals surface area contributed by atoms with E-state index in [1.54, 1.807) is 0 Å². The maximum Gasteiger partial charge on any atom is 0.261 e. The number of halogens is 2. The summed E-state index contributed by atoms with van der Waals surface area (Å²) in [6.07, 6.45) is 0.860. The third kappa shape index (κ3) is 2.52. The molecule has 0 aliphatic carbocycles. The van der Waals surface area contributed by atoms with Gasteiger partial charge in [-0.15, -0.1) is 11.3 Å². The zero-order valence-electron chi connectivity index (χ0n) is 11.1. The molecule has 0 radical (unpaired) electrons. The SMILES string of the molecule is CCc1cc(-c2nc(-c3ccc(F)c(F)c3)no2)c(N)s1. The average Bonchev–Trinajstić information content (AvgIpc) is 3.08. The summed E-state index contributed by atoms with van der Waals surface area (Å²) in [5.41, 5.74) is 6.93. The van der Waals surface area contributed by atoms with Crippen LogP contribution in [0.5, 0.6) is 0 Å². The Kier molecular flexibility index (Phi) is 3.42. The number of benzene rings is 1. The summed E-state index contributed by atoms with van der Waals surface area (Å²) < 4.78 is 31.3. The van der Waals surface area contributed by atoms with Gasteiger partial charge >= 0.3 is 0 Å². The maximum absolute atomic E-state index is 13.2. The van der Waals surface area contributed by atoms with E-state index in [0.717, 1.165) is 23.4 Å². The Morgan fingerprint density at radius 3 is 2.71 bits per heavy atom. The van der Waals surface area contributed by atoms with Crippen molar-refractivity contribution < 1.29 is 13.3 Å². The van der Waals surface area contributed by atoms with Crippen molar-refractivity contribution in [2.75, 3.05) is 5.73 Å². The lowest BCUT2D eigenvalue weighted by Gasteiger charge is -1.95. The molecular formula is C14H11F2N3OS. The number of rotatable bonds is 3. The van der Waals surface area contributed by atoms with Crippen LogP contribution in [0.4, 0.5) is 13.8 Å². The van der Waals surface area contributed by atoms with Crippen molar-refractivity contribution in [3.05, 3.63) is 40.8 Å². The summed E-state index contributed by atoms with van der Waals surface area (Å²) in [6, 6.07) is 5.33. The van der Waals surface area contributed by atoms with Gasteiger partial charge in [0, 0.05) is 10.4 Å². The molecule has 0 fully saturated rings. The number of aromatic nitrogens is 2. The lowest BCUT2D eigenvalue weighted by atomic mass is 10.2. The Bertz CT molecular complexity index is 797. The van der Waals surface area contributed by atoms with Crippen LogP contribution in [0.25, 0.3) is 22.8 Å². The van der Waals surface area contributed by atoms with E-state index in [1.165, 1.54) is 17.4 Å². The highest BCUT2D eigenvalue weighted by molar-refractivity contribution is 7.16. The third-order valence-electron chi connectivity index (χ3n) is 2.99. The second kappa shape index (κ2) is 5.25. The van der Waals surface area contributed by atoms with Gasteiger partial charge in [0.15, 0.2) is 11.6 Å². The lowest BCUT2D eigenvalue weighted by molar-refractivity contribution is 0.432. The molecule has 0 aliphatic rings. The molecule has 7 heteroatoms. The molecule has 0 saturated carbocycles. The van der Waals surface area contributed by atoms with Gasteiger partial charge in [0.05, 0.1) is 10.6 Å². The fraction of sp³-hybridized carbons (Fsp3) is 0.143. The Hall–Kier alpha value is -2.28. The molecule has 0 unspecified atom stereocenters. The van der Waals surface area contributed by atoms with Crippen molar-refractivity contribution in [1.82, 2.24) is 10.1 Å². The predicted molar refractivity (Wildman–Crippen MR) is 76.8 cm³/mol. The Morgan fingerprint density at radius 2 is 2.05 bits per heavy atom. The van der Waals surface area contributed by atoms with Crippen molar-refractivity contribution in [1.29, 1.82) is 0 Å². The van der Waals surface area contributed by atoms with E-state index in [0.29, 0.717) is 16.1 Å². The van der Waals surface area contributed by atoms with Gasteiger partial charge in [0.25, 0.3) is 5.89 Å². The van der Waals surface area contributed by atoms with E-state index >= 15 is 0 Å². The van der Waals surface area contributed by atoms with Gasteiger partial charge in [-0.3, -0.25) is 0 Å². The molecule has 0 bridgehead atoms. The normalized spacial score (nSPS) is 11.0. The lowest BCUT2D eigenvalue weighted by Crippen LogP contribution is -1.87. The number of hydrogen-bond donors (Lipinski definition) is 1. The first kappa shape index (κ1) is 13.7. The maximum atomic E-state index is 13.2. The fourth-order valence-electron chi connectivity index (χ4n) is 1.88. The van der Waals surface area contributed by atoms with E-state index in [9.17, 15) is 8.78 Å². The summed E-state index contributed by atoms with van der Waals surface area (Å²) in [7, 11) is 0. The monoisotopic (exact) mass is 307 g/mol. The second-order valence-electron chi connectivity index (χ2n) is 4.40. The van der Waals surface area contributed by atoms with Gasteiger partial charge in [-0.25, -0.2) is 8.78 Å². The average molecular weight is 307 g/mol. The first-order chi connectivity index (χ1) is 10.1. The fourth-order valence-corrected chi connectivity index (χ4v) is 2.74. The molecule has 21 heavy (non-hydrogen) atoms. The molecule has 108 valence electrons. The van der Waals surface area contributed by atoms with Crippen molar-refractivity contribution in [3.8, 4) is 22.8 Å². The summed E-state index contributed by atoms with van der Waals surface area (Å²) >= 11 is 1.46. The first-order valence-electron chi connectivity index (χ1n) is 6.26. The largest absolute Gasteiger partial charge is 0.390 e. The van der Waals surface area contributed by atoms with Gasteiger partial charge in [-0.2, -0.15) is 4.98 Å². The second-order valence-corrected chi connectivity index (χ2v) is 5.56. The van der Waals surface area contributed by atoms with Crippen molar-refractivity contribution in [3.63, 3.8) is 0 Å². The molecule has 0 atom stereocenters. The van der Waals surface area contributed by atoms with Gasteiger partial charge in [-0.05, 0) is 30.7 Å². The van der Waals surface area contributed by atoms with Gasteiger partial charge in [0.2, 0.25) is 5.82 Å². The molecule has 3 aromatic rings. The van der Waals surface area contributed by atoms with E-state index in [2.05, 4.69) is 10.1 Å². The standard InChI is InChI=1S/C14H11F2N3OS/c1-2-8-6-9(12(17)21-8)14-18-13(19-20-14)7-3-4-10(15)11(16)5-7/h3-6H,2,17H2,1H3. The van der Waals surface area contributed by atoms with Crippen LogP contribution >= 0.6 is 11.3 Å². The number of anilines is 1. The topological polar surface area (TPSA) is 64.9 Å². The van der Waals surface area contributed by atoms with Crippen LogP contribution in [0.15, 0.2) is 28.8 Å². The third-order valence-corrected chi connectivity index (χ3v) is 4.10. The number of hydrogen-bond acceptors (Lipinski definition) is 5. The van der Waals surface area contributed by atoms with Crippen LogP contribution in [-0.2, 0) is 6.42 Å². The van der Waals surface area contributed by atoms with Crippen LogP contribution in [0, 0.1) is 11.6 Å². The molecule has 2 N–H and O–H groups in total. The Labute approximate surface area is 123 Å². The molecule has 4 nitrogen and oxygen atoms in total. The Morgan fingerprint density at radius 1 is 1.24 bits per heavy atom. The molecule has 0 saturated heterocycles. The Balaban J connectivity index is 1.99. The minimum absolute atomic E-state index is 0.188. The molecule has 1 aromatic carbocycles. The van der Waals surface area contributed by atoms with Crippen molar-refractivity contribution >= 4 is 16.3 Å². The van der Waals surface area contributed by atoms with E-state index < -0.39 is 11.6 Å². The molecule has 2 heterocycles. The van der Waals surface area contributed by atoms with Crippen LogP contribution in [0.1, 0.15) is 11.8 Å². The van der Waals surface area contributed by atoms with Gasteiger partial charge < -0.3 is 10.3 Å². The minimum Gasteiger partial charge on any atom is -0.390 e. The van der Waals surface area contributed by atoms with Crippen LogP contribution in [0.3, 0.4) is 0 Å². The molecule has 2 aromatic heterocycles. The number of nitrogen functional groups attached to an aromatic ring is 1. The number of thiophene rings is 1.